The summed E-state index contributed by atoms with van der Waals surface area (Å²) in [7, 11) is 4.73. The topological polar surface area (TPSA) is 68.7 Å². The maximum absolute atomic E-state index is 9.36. The molecule has 3 aromatic rings. The van der Waals surface area contributed by atoms with Gasteiger partial charge in [-0.05, 0) is 24.3 Å². The highest BCUT2D eigenvalue weighted by Gasteiger charge is 2.22. The molecule has 0 aliphatic rings. The standard InChI is InChI=1S/C18H16N3O3/c1-22-11-6-7-15(21-19)14(9-11)13-10-16(23-2)18(24-3)17-12(13)5-4-8-20-17/h4-10H,1-3H3/q+1. The zero-order chi connectivity index (χ0) is 17.1. The van der Waals surface area contributed by atoms with Crippen LogP contribution < -0.4 is 14.2 Å². The lowest BCUT2D eigenvalue weighted by Gasteiger charge is -2.13. The van der Waals surface area contributed by atoms with Gasteiger partial charge in [-0.1, -0.05) is 6.07 Å². The van der Waals surface area contributed by atoms with Crippen molar-refractivity contribution in [2.75, 3.05) is 21.3 Å². The lowest BCUT2D eigenvalue weighted by Crippen LogP contribution is -1.95. The third-order valence-corrected chi connectivity index (χ3v) is 3.84. The minimum Gasteiger partial charge on any atom is -0.497 e. The van der Waals surface area contributed by atoms with E-state index in [2.05, 4.69) is 9.96 Å². The Morgan fingerprint density at radius 1 is 0.958 bits per heavy atom. The van der Waals surface area contributed by atoms with Crippen molar-refractivity contribution in [2.24, 2.45) is 0 Å². The van der Waals surface area contributed by atoms with E-state index in [1.165, 1.54) is 0 Å². The molecular weight excluding hydrogens is 306 g/mol. The highest BCUT2D eigenvalue weighted by atomic mass is 16.5. The summed E-state index contributed by atoms with van der Waals surface area (Å²) in [6.45, 7) is 0. The molecule has 0 amide bonds. The van der Waals surface area contributed by atoms with Crippen LogP contribution in [0.5, 0.6) is 17.2 Å². The molecule has 1 heterocycles. The lowest BCUT2D eigenvalue weighted by molar-refractivity contribution is 0.358. The number of fused-ring (bicyclic) bond motifs is 1. The van der Waals surface area contributed by atoms with Crippen LogP contribution in [0.25, 0.3) is 27.0 Å². The zero-order valence-electron chi connectivity index (χ0n) is 13.6. The first-order chi connectivity index (χ1) is 11.7. The Kier molecular flexibility index (Phi) is 4.17. The molecule has 0 aliphatic carbocycles. The van der Waals surface area contributed by atoms with E-state index in [-0.39, 0.29) is 0 Å². The molecule has 3 rings (SSSR count). The second-order valence-electron chi connectivity index (χ2n) is 5.04. The third kappa shape index (κ3) is 2.46. The number of pyridine rings is 1. The van der Waals surface area contributed by atoms with Crippen molar-refractivity contribution in [3.05, 3.63) is 47.6 Å². The monoisotopic (exact) mass is 322 g/mol. The molecule has 2 aromatic carbocycles. The Bertz CT molecular complexity index is 948. The number of diazo groups is 1. The van der Waals surface area contributed by atoms with Crippen LogP contribution in [-0.4, -0.2) is 26.3 Å². The van der Waals surface area contributed by atoms with Crippen molar-refractivity contribution in [1.82, 2.24) is 4.98 Å². The Morgan fingerprint density at radius 2 is 1.79 bits per heavy atom. The van der Waals surface area contributed by atoms with Crippen LogP contribution >= 0.6 is 0 Å². The highest BCUT2D eigenvalue weighted by Crippen LogP contribution is 2.44. The maximum Gasteiger partial charge on any atom is 0.393 e. The fourth-order valence-electron chi connectivity index (χ4n) is 2.71. The summed E-state index contributed by atoms with van der Waals surface area (Å²) >= 11 is 0. The van der Waals surface area contributed by atoms with Gasteiger partial charge in [0.25, 0.3) is 0 Å². The summed E-state index contributed by atoms with van der Waals surface area (Å²) in [5.74, 6) is 1.76. The van der Waals surface area contributed by atoms with Crippen molar-refractivity contribution in [2.45, 2.75) is 0 Å². The van der Waals surface area contributed by atoms with Crippen LogP contribution in [0.4, 0.5) is 5.69 Å². The van der Waals surface area contributed by atoms with E-state index in [1.54, 1.807) is 39.7 Å². The van der Waals surface area contributed by atoms with Gasteiger partial charge in [0.15, 0.2) is 16.5 Å². The third-order valence-electron chi connectivity index (χ3n) is 3.84. The van der Waals surface area contributed by atoms with Crippen molar-refractivity contribution < 1.29 is 14.2 Å². The number of nitrogens with zero attached hydrogens (tertiary/aromatic N) is 3. The van der Waals surface area contributed by atoms with Gasteiger partial charge >= 0.3 is 5.69 Å². The maximum atomic E-state index is 9.36. The number of aromatic nitrogens is 1. The van der Waals surface area contributed by atoms with Crippen LogP contribution in [0.15, 0.2) is 42.6 Å². The summed E-state index contributed by atoms with van der Waals surface area (Å²) in [4.78, 5) is 7.79. The van der Waals surface area contributed by atoms with Gasteiger partial charge in [-0.2, -0.15) is 0 Å². The summed E-state index contributed by atoms with van der Waals surface area (Å²) < 4.78 is 16.2. The molecule has 0 saturated heterocycles. The number of methoxy groups -OCH3 is 3. The average Bonchev–Trinajstić information content (AvgIpc) is 2.65. The minimum atomic E-state index is 0.424. The normalized spacial score (nSPS) is 10.2. The van der Waals surface area contributed by atoms with Gasteiger partial charge in [-0.3, -0.25) is 4.98 Å². The molecule has 0 saturated carbocycles. The van der Waals surface area contributed by atoms with Gasteiger partial charge in [-0.15, -0.1) is 0 Å². The van der Waals surface area contributed by atoms with Crippen molar-refractivity contribution in [1.29, 1.82) is 5.39 Å². The van der Waals surface area contributed by atoms with Gasteiger partial charge in [0, 0.05) is 23.2 Å². The summed E-state index contributed by atoms with van der Waals surface area (Å²) in [5, 5.41) is 10.2. The van der Waals surface area contributed by atoms with Crippen molar-refractivity contribution in [3.8, 4) is 28.4 Å². The molecule has 0 spiro atoms. The Hall–Kier alpha value is -3.33. The predicted molar refractivity (Wildman–Crippen MR) is 91.6 cm³/mol. The van der Waals surface area contributed by atoms with E-state index in [0.717, 1.165) is 10.9 Å². The quantitative estimate of drug-likeness (QED) is 0.665. The molecule has 0 aliphatic heterocycles. The first-order valence-corrected chi connectivity index (χ1v) is 7.26. The molecule has 0 unspecified atom stereocenters. The van der Waals surface area contributed by atoms with Gasteiger partial charge in [0.1, 0.15) is 11.3 Å². The van der Waals surface area contributed by atoms with E-state index in [1.807, 2.05) is 24.3 Å². The smallest absolute Gasteiger partial charge is 0.393 e. The largest absolute Gasteiger partial charge is 0.497 e. The van der Waals surface area contributed by atoms with Crippen molar-refractivity contribution in [3.63, 3.8) is 0 Å². The molecule has 0 fully saturated rings. The lowest BCUT2D eigenvalue weighted by atomic mass is 9.98. The van der Waals surface area contributed by atoms with Crippen LogP contribution in [0.1, 0.15) is 0 Å². The van der Waals surface area contributed by atoms with Crippen LogP contribution in [0.2, 0.25) is 0 Å². The van der Waals surface area contributed by atoms with Gasteiger partial charge in [0.05, 0.1) is 26.9 Å². The first-order valence-electron chi connectivity index (χ1n) is 7.26. The fraction of sp³-hybridized carbons (Fsp3) is 0.167. The van der Waals surface area contributed by atoms with Crippen LogP contribution in [-0.2, 0) is 0 Å². The molecule has 6 nitrogen and oxygen atoms in total. The van der Waals surface area contributed by atoms with Crippen LogP contribution in [0.3, 0.4) is 0 Å². The van der Waals surface area contributed by atoms with E-state index >= 15 is 0 Å². The second-order valence-corrected chi connectivity index (χ2v) is 5.04. The van der Waals surface area contributed by atoms with Crippen LogP contribution in [0, 0.1) is 5.39 Å². The van der Waals surface area contributed by atoms with E-state index in [0.29, 0.717) is 34.0 Å². The number of hydrogen-bond acceptors (Lipinski definition) is 5. The molecule has 120 valence electrons. The summed E-state index contributed by atoms with van der Waals surface area (Å²) in [6.07, 6.45) is 1.69. The summed E-state index contributed by atoms with van der Waals surface area (Å²) in [6, 6.07) is 10.8. The fourth-order valence-corrected chi connectivity index (χ4v) is 2.71. The second kappa shape index (κ2) is 6.42. The molecule has 0 bridgehead atoms. The number of benzene rings is 2. The number of hydrogen-bond donors (Lipinski definition) is 0. The van der Waals surface area contributed by atoms with E-state index in [9.17, 15) is 5.39 Å². The number of rotatable bonds is 4. The summed E-state index contributed by atoms with van der Waals surface area (Å²) in [5.41, 5.74) is 2.60. The number of ether oxygens (including phenoxy) is 3. The Morgan fingerprint density at radius 3 is 2.46 bits per heavy atom. The molecule has 0 radical (unpaired) electrons. The molecule has 6 heteroatoms. The SMILES string of the molecule is COc1ccc([N+]#N)c(-c2cc(OC)c(OC)c3ncccc23)c1. The van der Waals surface area contributed by atoms with Gasteiger partial charge in [-0.25, -0.2) is 0 Å². The predicted octanol–water partition coefficient (Wildman–Crippen LogP) is 4.41. The molecule has 0 atom stereocenters. The zero-order valence-corrected chi connectivity index (χ0v) is 13.6. The Balaban J connectivity index is 2.41. The van der Waals surface area contributed by atoms with Gasteiger partial charge in [0.2, 0.25) is 5.39 Å². The molecule has 0 N–H and O–H groups in total. The molecule has 1 aromatic heterocycles. The van der Waals surface area contributed by atoms with E-state index in [4.69, 9.17) is 14.2 Å². The minimum absolute atomic E-state index is 0.424. The average molecular weight is 322 g/mol. The van der Waals surface area contributed by atoms with Crippen molar-refractivity contribution >= 4 is 16.6 Å². The highest BCUT2D eigenvalue weighted by molar-refractivity contribution is 6.02. The van der Waals surface area contributed by atoms with E-state index < -0.39 is 0 Å². The molecule has 24 heavy (non-hydrogen) atoms. The first kappa shape index (κ1) is 15.6. The Labute approximate surface area is 139 Å². The molecular formula is C18H16N3O3+. The van der Waals surface area contributed by atoms with Gasteiger partial charge < -0.3 is 14.2 Å².